The zero-order valence-electron chi connectivity index (χ0n) is 11.5. The summed E-state index contributed by atoms with van der Waals surface area (Å²) in [6.07, 6.45) is 3.91. The fourth-order valence-electron chi connectivity index (χ4n) is 1.94. The fraction of sp³-hybridized carbons (Fsp3) is 0.200. The van der Waals surface area contributed by atoms with E-state index >= 15 is 0 Å². The van der Waals surface area contributed by atoms with E-state index in [9.17, 15) is 13.4 Å². The molecule has 4 nitrogen and oxygen atoms in total. The Labute approximate surface area is 124 Å². The van der Waals surface area contributed by atoms with Crippen molar-refractivity contribution in [1.82, 2.24) is 10.3 Å². The third-order valence-electron chi connectivity index (χ3n) is 2.93. The fourth-order valence-corrected chi connectivity index (χ4v) is 2.68. The topological polar surface area (TPSA) is 59.1 Å². The van der Waals surface area contributed by atoms with Crippen LogP contribution in [0.5, 0.6) is 0 Å². The number of aromatic nitrogens is 1. The molecule has 110 valence electrons. The van der Waals surface area contributed by atoms with Gasteiger partial charge in [-0.2, -0.15) is 0 Å². The zero-order chi connectivity index (χ0) is 15.2. The molecule has 1 aromatic heterocycles. The van der Waals surface area contributed by atoms with Crippen molar-refractivity contribution in [3.05, 3.63) is 65.7 Å². The molecule has 21 heavy (non-hydrogen) atoms. The van der Waals surface area contributed by atoms with Gasteiger partial charge in [-0.1, -0.05) is 30.3 Å². The van der Waals surface area contributed by atoms with Gasteiger partial charge in [-0.3, -0.25) is 14.0 Å². The van der Waals surface area contributed by atoms with Gasteiger partial charge in [0.15, 0.2) is 5.82 Å². The SMILES string of the molecule is C[S@@](=O)C[C@H](NC(=O)c1ccncc1F)c1ccccc1. The van der Waals surface area contributed by atoms with E-state index in [1.165, 1.54) is 12.3 Å². The third-order valence-corrected chi connectivity index (χ3v) is 3.73. The van der Waals surface area contributed by atoms with Crippen LogP contribution in [0.3, 0.4) is 0 Å². The Morgan fingerprint density at radius 1 is 1.33 bits per heavy atom. The van der Waals surface area contributed by atoms with Crippen molar-refractivity contribution < 1.29 is 13.4 Å². The molecule has 2 rings (SSSR count). The Balaban J connectivity index is 2.21. The van der Waals surface area contributed by atoms with Gasteiger partial charge in [0.1, 0.15) is 0 Å². The summed E-state index contributed by atoms with van der Waals surface area (Å²) in [4.78, 5) is 15.8. The molecule has 0 saturated heterocycles. The number of carbonyl (C=O) groups excluding carboxylic acids is 1. The number of pyridine rings is 1. The van der Waals surface area contributed by atoms with Crippen molar-refractivity contribution >= 4 is 16.7 Å². The summed E-state index contributed by atoms with van der Waals surface area (Å²) in [6.45, 7) is 0. The van der Waals surface area contributed by atoms with Gasteiger partial charge in [0.05, 0.1) is 17.8 Å². The summed E-state index contributed by atoms with van der Waals surface area (Å²) in [5, 5.41) is 2.72. The predicted octanol–water partition coefficient (Wildman–Crippen LogP) is 2.07. The first kappa shape index (κ1) is 15.3. The maximum atomic E-state index is 13.6. The Morgan fingerprint density at radius 2 is 2.05 bits per heavy atom. The van der Waals surface area contributed by atoms with Crippen LogP contribution in [0.4, 0.5) is 4.39 Å². The Bertz CT molecular complexity index is 649. The van der Waals surface area contributed by atoms with Gasteiger partial charge in [0, 0.05) is 29.0 Å². The highest BCUT2D eigenvalue weighted by Crippen LogP contribution is 2.15. The number of carbonyl (C=O) groups is 1. The van der Waals surface area contributed by atoms with Crippen LogP contribution in [0.2, 0.25) is 0 Å². The molecule has 6 heteroatoms. The molecule has 0 aliphatic heterocycles. The van der Waals surface area contributed by atoms with Gasteiger partial charge in [-0.25, -0.2) is 4.39 Å². The largest absolute Gasteiger partial charge is 0.344 e. The van der Waals surface area contributed by atoms with E-state index in [0.717, 1.165) is 11.8 Å². The highest BCUT2D eigenvalue weighted by molar-refractivity contribution is 7.84. The maximum Gasteiger partial charge on any atom is 0.254 e. The lowest BCUT2D eigenvalue weighted by atomic mass is 10.1. The Kier molecular flexibility index (Phi) is 5.16. The minimum Gasteiger partial charge on any atom is -0.344 e. The van der Waals surface area contributed by atoms with E-state index in [4.69, 9.17) is 0 Å². The summed E-state index contributed by atoms with van der Waals surface area (Å²) in [5.41, 5.74) is 0.753. The molecule has 0 aliphatic rings. The van der Waals surface area contributed by atoms with Crippen LogP contribution < -0.4 is 5.32 Å². The highest BCUT2D eigenvalue weighted by atomic mass is 32.2. The summed E-state index contributed by atoms with van der Waals surface area (Å²) in [7, 11) is -1.10. The lowest BCUT2D eigenvalue weighted by Gasteiger charge is -2.18. The van der Waals surface area contributed by atoms with Gasteiger partial charge >= 0.3 is 0 Å². The van der Waals surface area contributed by atoms with Crippen LogP contribution >= 0.6 is 0 Å². The predicted molar refractivity (Wildman–Crippen MR) is 79.8 cm³/mol. The first-order valence-corrected chi connectivity index (χ1v) is 8.06. The Morgan fingerprint density at radius 3 is 2.67 bits per heavy atom. The number of hydrogen-bond donors (Lipinski definition) is 1. The molecular weight excluding hydrogens is 291 g/mol. The van der Waals surface area contributed by atoms with Crippen LogP contribution in [0.15, 0.2) is 48.8 Å². The van der Waals surface area contributed by atoms with E-state index in [-0.39, 0.29) is 11.3 Å². The molecule has 1 aromatic carbocycles. The number of nitrogens with zero attached hydrogens (tertiary/aromatic N) is 1. The maximum absolute atomic E-state index is 13.6. The summed E-state index contributed by atoms with van der Waals surface area (Å²) in [5.74, 6) is -0.962. The lowest BCUT2D eigenvalue weighted by Crippen LogP contribution is -2.32. The Hall–Kier alpha value is -2.08. The number of rotatable bonds is 5. The minimum atomic E-state index is -1.10. The molecule has 1 amide bonds. The molecule has 0 aliphatic carbocycles. The number of halogens is 1. The van der Waals surface area contributed by atoms with Crippen LogP contribution in [-0.4, -0.2) is 27.1 Å². The number of nitrogens with one attached hydrogen (secondary N) is 1. The second-order valence-electron chi connectivity index (χ2n) is 4.53. The van der Waals surface area contributed by atoms with Crippen molar-refractivity contribution in [2.24, 2.45) is 0 Å². The normalized spacial score (nSPS) is 13.4. The van der Waals surface area contributed by atoms with Crippen LogP contribution in [0, 0.1) is 5.82 Å². The van der Waals surface area contributed by atoms with Gasteiger partial charge in [0.2, 0.25) is 0 Å². The van der Waals surface area contributed by atoms with Gasteiger partial charge in [0.25, 0.3) is 5.91 Å². The third kappa shape index (κ3) is 4.19. The number of benzene rings is 1. The first-order valence-electron chi connectivity index (χ1n) is 6.33. The molecule has 0 spiro atoms. The molecule has 0 unspecified atom stereocenters. The van der Waals surface area contributed by atoms with Crippen LogP contribution in [0.1, 0.15) is 22.0 Å². The summed E-state index contributed by atoms with van der Waals surface area (Å²) in [6, 6.07) is 10.1. The smallest absolute Gasteiger partial charge is 0.254 e. The van der Waals surface area contributed by atoms with E-state index < -0.39 is 28.6 Å². The number of hydrogen-bond acceptors (Lipinski definition) is 3. The van der Waals surface area contributed by atoms with Gasteiger partial charge in [-0.05, 0) is 11.6 Å². The van der Waals surface area contributed by atoms with Gasteiger partial charge in [-0.15, -0.1) is 0 Å². The van der Waals surface area contributed by atoms with E-state index in [1.807, 2.05) is 30.3 Å². The summed E-state index contributed by atoms with van der Waals surface area (Å²) >= 11 is 0. The monoisotopic (exact) mass is 306 g/mol. The average molecular weight is 306 g/mol. The quantitative estimate of drug-likeness (QED) is 0.920. The highest BCUT2D eigenvalue weighted by Gasteiger charge is 2.19. The van der Waals surface area contributed by atoms with Crippen molar-refractivity contribution in [3.63, 3.8) is 0 Å². The minimum absolute atomic E-state index is 0.0761. The molecular formula is C15H15FN2O2S. The van der Waals surface area contributed by atoms with Crippen molar-refractivity contribution in [3.8, 4) is 0 Å². The van der Waals surface area contributed by atoms with Crippen molar-refractivity contribution in [2.45, 2.75) is 6.04 Å². The van der Waals surface area contributed by atoms with Gasteiger partial charge < -0.3 is 5.32 Å². The molecule has 2 atom stereocenters. The molecule has 1 N–H and O–H groups in total. The molecule has 0 bridgehead atoms. The van der Waals surface area contributed by atoms with Crippen molar-refractivity contribution in [2.75, 3.05) is 12.0 Å². The standard InChI is InChI=1S/C15H15FN2O2S/c1-21(20)10-14(11-5-3-2-4-6-11)18-15(19)12-7-8-17-9-13(12)16/h2-9,14H,10H2,1H3,(H,18,19)/t14-,21+/m0/s1. The molecule has 1 heterocycles. The molecule has 0 saturated carbocycles. The summed E-state index contributed by atoms with van der Waals surface area (Å²) < 4.78 is 25.1. The molecule has 2 aromatic rings. The first-order chi connectivity index (χ1) is 10.1. The average Bonchev–Trinajstić information content (AvgIpc) is 2.47. The van der Waals surface area contributed by atoms with Crippen LogP contribution in [0.25, 0.3) is 0 Å². The lowest BCUT2D eigenvalue weighted by molar-refractivity contribution is 0.0936. The van der Waals surface area contributed by atoms with E-state index in [2.05, 4.69) is 10.3 Å². The van der Waals surface area contributed by atoms with Crippen LogP contribution in [-0.2, 0) is 10.8 Å². The van der Waals surface area contributed by atoms with E-state index in [1.54, 1.807) is 6.26 Å². The molecule has 0 fully saturated rings. The second kappa shape index (κ2) is 7.08. The second-order valence-corrected chi connectivity index (χ2v) is 6.01. The van der Waals surface area contributed by atoms with Crippen molar-refractivity contribution in [1.29, 1.82) is 0 Å². The zero-order valence-corrected chi connectivity index (χ0v) is 12.3. The number of amides is 1. The molecule has 0 radical (unpaired) electrons. The van der Waals surface area contributed by atoms with E-state index in [0.29, 0.717) is 0 Å².